The number of nitrogens with one attached hydrogen (secondary N) is 1. The van der Waals surface area contributed by atoms with Gasteiger partial charge in [0.2, 0.25) is 0 Å². The fraction of sp³-hybridized carbons (Fsp3) is 0.562. The molecule has 0 aliphatic carbocycles. The molecule has 1 fully saturated rings. The number of nitrogens with zero attached hydrogens (tertiary/aromatic N) is 3. The van der Waals surface area contributed by atoms with E-state index in [4.69, 9.17) is 5.26 Å². The van der Waals surface area contributed by atoms with Gasteiger partial charge in [-0.3, -0.25) is 4.79 Å². The highest BCUT2D eigenvalue weighted by Crippen LogP contribution is 2.12. The van der Waals surface area contributed by atoms with Crippen LogP contribution < -0.4 is 5.32 Å². The van der Waals surface area contributed by atoms with E-state index in [1.54, 1.807) is 12.1 Å². The summed E-state index contributed by atoms with van der Waals surface area (Å²) >= 11 is 0. The SMILES string of the molecule is CC(C)CN(CC1CCCN1)C(=O)c1ccc(C#N)cn1. The topological polar surface area (TPSA) is 69.0 Å². The molecular formula is C16H22N4O. The van der Waals surface area contributed by atoms with Crippen LogP contribution in [0.5, 0.6) is 0 Å². The maximum Gasteiger partial charge on any atom is 0.272 e. The quantitative estimate of drug-likeness (QED) is 0.896. The maximum absolute atomic E-state index is 12.6. The van der Waals surface area contributed by atoms with E-state index in [9.17, 15) is 4.79 Å². The molecular weight excluding hydrogens is 264 g/mol. The van der Waals surface area contributed by atoms with Crippen LogP contribution in [0, 0.1) is 17.2 Å². The molecule has 1 aliphatic rings. The smallest absolute Gasteiger partial charge is 0.272 e. The largest absolute Gasteiger partial charge is 0.335 e. The molecule has 1 atom stereocenters. The fourth-order valence-corrected chi connectivity index (χ4v) is 2.61. The van der Waals surface area contributed by atoms with Gasteiger partial charge in [0.05, 0.1) is 5.56 Å². The molecule has 1 saturated heterocycles. The second-order valence-corrected chi connectivity index (χ2v) is 5.94. The number of carbonyl (C=O) groups excluding carboxylic acids is 1. The van der Waals surface area contributed by atoms with Crippen molar-refractivity contribution in [2.75, 3.05) is 19.6 Å². The second-order valence-electron chi connectivity index (χ2n) is 5.94. The predicted molar refractivity (Wildman–Crippen MR) is 80.7 cm³/mol. The summed E-state index contributed by atoms with van der Waals surface area (Å²) in [6.07, 6.45) is 3.74. The standard InChI is InChI=1S/C16H22N4O/c1-12(2)10-20(11-14-4-3-7-18-14)16(21)15-6-5-13(8-17)9-19-15/h5-6,9,12,14,18H,3-4,7,10-11H2,1-2H3. The molecule has 0 aromatic carbocycles. The number of hydrogen-bond acceptors (Lipinski definition) is 4. The first-order valence-electron chi connectivity index (χ1n) is 7.49. The molecule has 112 valence electrons. The van der Waals surface area contributed by atoms with E-state index in [0.717, 1.165) is 26.1 Å². The summed E-state index contributed by atoms with van der Waals surface area (Å²) in [5.41, 5.74) is 0.882. The molecule has 1 aromatic heterocycles. The molecule has 21 heavy (non-hydrogen) atoms. The van der Waals surface area contributed by atoms with Crippen LogP contribution in [0.25, 0.3) is 0 Å². The summed E-state index contributed by atoms with van der Waals surface area (Å²) in [4.78, 5) is 18.6. The number of amides is 1. The van der Waals surface area contributed by atoms with Crippen molar-refractivity contribution in [1.82, 2.24) is 15.2 Å². The summed E-state index contributed by atoms with van der Waals surface area (Å²) < 4.78 is 0. The van der Waals surface area contributed by atoms with Gasteiger partial charge in [-0.05, 0) is 37.4 Å². The van der Waals surface area contributed by atoms with Gasteiger partial charge in [-0.15, -0.1) is 0 Å². The zero-order valence-electron chi connectivity index (χ0n) is 12.7. The van der Waals surface area contributed by atoms with E-state index in [1.807, 2.05) is 11.0 Å². The van der Waals surface area contributed by atoms with Crippen molar-refractivity contribution in [2.24, 2.45) is 5.92 Å². The minimum atomic E-state index is -0.0538. The number of pyridine rings is 1. The summed E-state index contributed by atoms with van der Waals surface area (Å²) in [6.45, 7) is 6.68. The normalized spacial score (nSPS) is 17.7. The van der Waals surface area contributed by atoms with Crippen molar-refractivity contribution in [3.63, 3.8) is 0 Å². The van der Waals surface area contributed by atoms with Crippen LogP contribution >= 0.6 is 0 Å². The van der Waals surface area contributed by atoms with Gasteiger partial charge in [-0.1, -0.05) is 13.8 Å². The van der Waals surface area contributed by atoms with E-state index in [2.05, 4.69) is 24.1 Å². The van der Waals surface area contributed by atoms with Crippen LogP contribution in [0.3, 0.4) is 0 Å². The van der Waals surface area contributed by atoms with Gasteiger partial charge in [0.25, 0.3) is 5.91 Å². The molecule has 5 nitrogen and oxygen atoms in total. The first-order chi connectivity index (χ1) is 10.1. The Labute approximate surface area is 126 Å². The molecule has 0 radical (unpaired) electrons. The third kappa shape index (κ3) is 4.27. The molecule has 1 aromatic rings. The van der Waals surface area contributed by atoms with Gasteiger partial charge in [0.1, 0.15) is 11.8 Å². The molecule has 2 rings (SSSR count). The number of nitriles is 1. The Bertz CT molecular complexity index is 512. The van der Waals surface area contributed by atoms with E-state index < -0.39 is 0 Å². The van der Waals surface area contributed by atoms with Crippen molar-refractivity contribution in [3.8, 4) is 6.07 Å². The predicted octanol–water partition coefficient (Wildman–Crippen LogP) is 1.80. The zero-order valence-corrected chi connectivity index (χ0v) is 12.7. The molecule has 1 N–H and O–H groups in total. The van der Waals surface area contributed by atoms with Crippen LogP contribution in [0.1, 0.15) is 42.7 Å². The highest BCUT2D eigenvalue weighted by atomic mass is 16.2. The Balaban J connectivity index is 2.09. The van der Waals surface area contributed by atoms with E-state index in [0.29, 0.717) is 23.2 Å². The average molecular weight is 286 g/mol. The third-order valence-corrected chi connectivity index (χ3v) is 3.59. The fourth-order valence-electron chi connectivity index (χ4n) is 2.61. The maximum atomic E-state index is 12.6. The molecule has 2 heterocycles. The van der Waals surface area contributed by atoms with Crippen molar-refractivity contribution in [1.29, 1.82) is 5.26 Å². The number of aromatic nitrogens is 1. The third-order valence-electron chi connectivity index (χ3n) is 3.59. The van der Waals surface area contributed by atoms with E-state index in [1.165, 1.54) is 12.6 Å². The monoisotopic (exact) mass is 286 g/mol. The Hall–Kier alpha value is -1.93. The Morgan fingerprint density at radius 1 is 1.57 bits per heavy atom. The van der Waals surface area contributed by atoms with Crippen LogP contribution in [0.2, 0.25) is 0 Å². The lowest BCUT2D eigenvalue weighted by Crippen LogP contribution is -2.43. The van der Waals surface area contributed by atoms with Crippen LogP contribution in [0.15, 0.2) is 18.3 Å². The number of hydrogen-bond donors (Lipinski definition) is 1. The highest BCUT2D eigenvalue weighted by Gasteiger charge is 2.23. The van der Waals surface area contributed by atoms with Crippen molar-refractivity contribution >= 4 is 5.91 Å². The molecule has 0 bridgehead atoms. The van der Waals surface area contributed by atoms with Crippen LogP contribution in [-0.2, 0) is 0 Å². The first-order valence-corrected chi connectivity index (χ1v) is 7.49. The van der Waals surface area contributed by atoms with Crippen LogP contribution in [-0.4, -0.2) is 41.5 Å². The Kier molecular flexibility index (Phi) is 5.29. The van der Waals surface area contributed by atoms with Crippen molar-refractivity contribution in [3.05, 3.63) is 29.6 Å². The molecule has 1 unspecified atom stereocenters. The lowest BCUT2D eigenvalue weighted by atomic mass is 10.1. The summed E-state index contributed by atoms with van der Waals surface area (Å²) in [5.74, 6) is 0.357. The van der Waals surface area contributed by atoms with Gasteiger partial charge in [-0.2, -0.15) is 5.26 Å². The van der Waals surface area contributed by atoms with Gasteiger partial charge < -0.3 is 10.2 Å². The van der Waals surface area contributed by atoms with Gasteiger partial charge in [0, 0.05) is 25.3 Å². The van der Waals surface area contributed by atoms with E-state index in [-0.39, 0.29) is 5.91 Å². The molecule has 0 spiro atoms. The molecule has 1 amide bonds. The van der Waals surface area contributed by atoms with E-state index >= 15 is 0 Å². The van der Waals surface area contributed by atoms with Gasteiger partial charge in [-0.25, -0.2) is 4.98 Å². The first kappa shape index (κ1) is 15.5. The van der Waals surface area contributed by atoms with Crippen molar-refractivity contribution in [2.45, 2.75) is 32.7 Å². The summed E-state index contributed by atoms with van der Waals surface area (Å²) in [5, 5.41) is 12.2. The number of carbonyl (C=O) groups is 1. The molecule has 1 aliphatic heterocycles. The van der Waals surface area contributed by atoms with Gasteiger partial charge >= 0.3 is 0 Å². The minimum Gasteiger partial charge on any atom is -0.335 e. The zero-order chi connectivity index (χ0) is 15.2. The van der Waals surface area contributed by atoms with Crippen molar-refractivity contribution < 1.29 is 4.79 Å². The lowest BCUT2D eigenvalue weighted by Gasteiger charge is -2.27. The second kappa shape index (κ2) is 7.19. The Morgan fingerprint density at radius 2 is 2.38 bits per heavy atom. The van der Waals surface area contributed by atoms with Gasteiger partial charge in [0.15, 0.2) is 0 Å². The molecule has 5 heteroatoms. The minimum absolute atomic E-state index is 0.0538. The summed E-state index contributed by atoms with van der Waals surface area (Å²) in [6, 6.07) is 5.67. The Morgan fingerprint density at radius 3 is 2.90 bits per heavy atom. The highest BCUT2D eigenvalue weighted by molar-refractivity contribution is 5.92. The van der Waals surface area contributed by atoms with Crippen LogP contribution in [0.4, 0.5) is 0 Å². The average Bonchev–Trinajstić information content (AvgIpc) is 2.98. The lowest BCUT2D eigenvalue weighted by molar-refractivity contribution is 0.0715. The summed E-state index contributed by atoms with van der Waals surface area (Å²) in [7, 11) is 0. The number of rotatable bonds is 5. The molecule has 0 saturated carbocycles.